The maximum absolute atomic E-state index is 13.0. The van der Waals surface area contributed by atoms with E-state index in [0.717, 1.165) is 83.5 Å². The van der Waals surface area contributed by atoms with Gasteiger partial charge in [0.25, 0.3) is 0 Å². The highest BCUT2D eigenvalue weighted by Crippen LogP contribution is 2.23. The van der Waals surface area contributed by atoms with Crippen molar-refractivity contribution < 1.29 is 49.3 Å². The van der Waals surface area contributed by atoms with Crippen molar-refractivity contribution in [2.24, 2.45) is 0 Å². The summed E-state index contributed by atoms with van der Waals surface area (Å²) in [5.74, 6) is -0.253. The van der Waals surface area contributed by atoms with Gasteiger partial charge in [0.2, 0.25) is 5.91 Å². The first-order valence-corrected chi connectivity index (χ1v) is 29.5. The number of unbranched alkanes of at least 4 members (excludes halogenated alkanes) is 29. The Kier molecular flexibility index (Phi) is 47.3. The zero-order valence-corrected chi connectivity index (χ0v) is 45.9. The number of carbonyl (C=O) groups excluding carboxylic acids is 2. The van der Waals surface area contributed by atoms with Gasteiger partial charge in [-0.05, 0) is 71.1 Å². The number of rotatable bonds is 50. The third kappa shape index (κ3) is 39.8. The van der Waals surface area contributed by atoms with Gasteiger partial charge in [0.15, 0.2) is 6.29 Å². The number of hydrogen-bond acceptors (Lipinski definition) is 10. The molecule has 0 aromatic heterocycles. The highest BCUT2D eigenvalue weighted by atomic mass is 16.7. The predicted molar refractivity (Wildman–Crippen MR) is 296 cm³/mol. The molecular weight excluding hydrogens is 907 g/mol. The second-order valence-corrected chi connectivity index (χ2v) is 20.3. The van der Waals surface area contributed by atoms with Gasteiger partial charge in [-0.2, -0.15) is 0 Å². The van der Waals surface area contributed by atoms with Crippen LogP contribution in [0, 0.1) is 0 Å². The molecule has 0 aromatic carbocycles. The molecule has 11 heteroatoms. The van der Waals surface area contributed by atoms with Crippen molar-refractivity contribution in [1.82, 2.24) is 5.32 Å². The fourth-order valence-electron chi connectivity index (χ4n) is 9.02. The molecule has 0 aliphatic carbocycles. The summed E-state index contributed by atoms with van der Waals surface area (Å²) in [6.07, 6.45) is 55.1. The van der Waals surface area contributed by atoms with Crippen LogP contribution in [0.5, 0.6) is 0 Å². The summed E-state index contributed by atoms with van der Waals surface area (Å²) in [7, 11) is 0. The van der Waals surface area contributed by atoms with E-state index in [2.05, 4.69) is 54.8 Å². The van der Waals surface area contributed by atoms with Gasteiger partial charge in [-0.25, -0.2) is 0 Å². The Morgan fingerprint density at radius 1 is 0.542 bits per heavy atom. The van der Waals surface area contributed by atoms with Gasteiger partial charge in [0.1, 0.15) is 24.4 Å². The van der Waals surface area contributed by atoms with Gasteiger partial charge >= 0.3 is 5.97 Å². The summed E-state index contributed by atoms with van der Waals surface area (Å²) in [5, 5.41) is 54.1. The summed E-state index contributed by atoms with van der Waals surface area (Å²) in [6.45, 7) is 3.97. The third-order valence-corrected chi connectivity index (χ3v) is 13.7. The van der Waals surface area contributed by atoms with Crippen LogP contribution in [0.4, 0.5) is 0 Å². The summed E-state index contributed by atoms with van der Waals surface area (Å²) >= 11 is 0. The molecular formula is C61H109NO10. The van der Waals surface area contributed by atoms with Crippen molar-refractivity contribution in [3.05, 3.63) is 60.8 Å². The molecule has 72 heavy (non-hydrogen) atoms. The molecule has 11 nitrogen and oxygen atoms in total. The van der Waals surface area contributed by atoms with Gasteiger partial charge in [-0.3, -0.25) is 9.59 Å². The lowest BCUT2D eigenvalue weighted by molar-refractivity contribution is -0.302. The molecule has 1 fully saturated rings. The summed E-state index contributed by atoms with van der Waals surface area (Å²) in [6, 6.07) is -0.838. The number of carbonyl (C=O) groups is 2. The summed E-state index contributed by atoms with van der Waals surface area (Å²) < 4.78 is 16.6. The molecule has 0 saturated carbocycles. The van der Waals surface area contributed by atoms with Crippen molar-refractivity contribution in [2.45, 2.75) is 294 Å². The molecule has 1 heterocycles. The Hall–Kier alpha value is -2.64. The number of ether oxygens (including phenoxy) is 3. The average Bonchev–Trinajstić information content (AvgIpc) is 3.38. The Morgan fingerprint density at radius 2 is 1.00 bits per heavy atom. The van der Waals surface area contributed by atoms with Crippen LogP contribution >= 0.6 is 0 Å². The molecule has 0 bridgehead atoms. The van der Waals surface area contributed by atoms with E-state index in [9.17, 15) is 35.1 Å². The molecule has 7 unspecified atom stereocenters. The van der Waals surface area contributed by atoms with Gasteiger partial charge in [0, 0.05) is 12.8 Å². The number of amides is 1. The van der Waals surface area contributed by atoms with E-state index < -0.39 is 49.5 Å². The van der Waals surface area contributed by atoms with Crippen molar-refractivity contribution in [1.29, 1.82) is 0 Å². The Bertz CT molecular complexity index is 1380. The van der Waals surface area contributed by atoms with Gasteiger partial charge in [-0.15, -0.1) is 0 Å². The Labute approximate surface area is 439 Å². The van der Waals surface area contributed by atoms with Crippen LogP contribution in [0.1, 0.15) is 251 Å². The van der Waals surface area contributed by atoms with Gasteiger partial charge < -0.3 is 45.1 Å². The summed E-state index contributed by atoms with van der Waals surface area (Å²) in [5.41, 5.74) is 0. The maximum Gasteiger partial charge on any atom is 0.305 e. The number of nitrogens with one attached hydrogen (secondary N) is 1. The number of aliphatic hydroxyl groups is 5. The Morgan fingerprint density at radius 3 is 1.53 bits per heavy atom. The van der Waals surface area contributed by atoms with E-state index in [1.165, 1.54) is 141 Å². The van der Waals surface area contributed by atoms with Crippen molar-refractivity contribution in [3.63, 3.8) is 0 Å². The smallest absolute Gasteiger partial charge is 0.305 e. The molecule has 1 saturated heterocycles. The topological polar surface area (TPSA) is 175 Å². The SMILES string of the molecule is C/C=C/CC/C=C/CC/C=C/C(O)C(COC1OC(CO)C(O)C(O)C1O)NC(=O)CCCCCCCCCCCCCCCC/C=C\C/C=C\CCOC(=O)CCCCCCCCCCCCCCCC. The number of aliphatic hydroxyl groups excluding tert-OH is 5. The molecule has 7 atom stereocenters. The van der Waals surface area contributed by atoms with Crippen LogP contribution in [-0.4, -0.2) is 100 Å². The number of hydrogen-bond donors (Lipinski definition) is 6. The first-order valence-electron chi connectivity index (χ1n) is 29.5. The van der Waals surface area contributed by atoms with Gasteiger partial charge in [0.05, 0.1) is 32.0 Å². The van der Waals surface area contributed by atoms with Crippen LogP contribution in [0.15, 0.2) is 60.8 Å². The first-order chi connectivity index (χ1) is 35.2. The zero-order valence-electron chi connectivity index (χ0n) is 45.9. The lowest BCUT2D eigenvalue weighted by Gasteiger charge is -2.40. The first kappa shape index (κ1) is 67.4. The molecule has 0 aromatic rings. The molecule has 1 aliphatic heterocycles. The Balaban J connectivity index is 2.04. The molecule has 0 radical (unpaired) electrons. The van der Waals surface area contributed by atoms with Crippen LogP contribution < -0.4 is 5.32 Å². The van der Waals surface area contributed by atoms with Crippen LogP contribution in [0.3, 0.4) is 0 Å². The van der Waals surface area contributed by atoms with Crippen molar-refractivity contribution in [2.75, 3.05) is 19.8 Å². The minimum absolute atomic E-state index is 0.0479. The maximum atomic E-state index is 13.0. The van der Waals surface area contributed by atoms with Crippen molar-refractivity contribution >= 4 is 11.9 Å². The highest BCUT2D eigenvalue weighted by molar-refractivity contribution is 5.76. The predicted octanol–water partition coefficient (Wildman–Crippen LogP) is 13.4. The minimum atomic E-state index is -1.58. The van der Waals surface area contributed by atoms with E-state index in [4.69, 9.17) is 14.2 Å². The molecule has 0 spiro atoms. The van der Waals surface area contributed by atoms with E-state index in [1.54, 1.807) is 6.08 Å². The highest BCUT2D eigenvalue weighted by Gasteiger charge is 2.44. The van der Waals surface area contributed by atoms with E-state index in [-0.39, 0.29) is 18.5 Å². The third-order valence-electron chi connectivity index (χ3n) is 13.7. The second-order valence-electron chi connectivity index (χ2n) is 20.3. The monoisotopic (exact) mass is 1020 g/mol. The standard InChI is InChI=1S/C61H109NO10/c1-3-5-7-9-11-13-14-15-26-29-33-37-41-45-49-57(66)70-50-46-42-38-34-30-27-24-22-20-18-16-17-19-21-23-25-28-32-36-40-44-48-56(65)62-53(54(64)47-43-39-35-31-12-10-8-6-4-2)52-71-61-60(69)59(68)58(67)55(51-63)72-61/h4,6,12,27,30-31,38,42-43,47,53-55,58-61,63-64,67-69H,3,5,7-11,13-26,28-29,32-37,39-41,44-46,48-52H2,1-2H3,(H,62,65)/b6-4+,30-27-,31-12+,42-38-,47-43+. The van der Waals surface area contributed by atoms with Crippen LogP contribution in [0.2, 0.25) is 0 Å². The average molecular weight is 1020 g/mol. The molecule has 418 valence electrons. The van der Waals surface area contributed by atoms with Gasteiger partial charge in [-0.1, -0.05) is 228 Å². The van der Waals surface area contributed by atoms with Crippen LogP contribution in [-0.2, 0) is 23.8 Å². The molecule has 1 rings (SSSR count). The normalized spacial score (nSPS) is 19.5. The fourth-order valence-corrected chi connectivity index (χ4v) is 9.02. The molecule has 1 aliphatic rings. The van der Waals surface area contributed by atoms with Crippen molar-refractivity contribution in [3.8, 4) is 0 Å². The largest absolute Gasteiger partial charge is 0.465 e. The van der Waals surface area contributed by atoms with Crippen LogP contribution in [0.25, 0.3) is 0 Å². The quantitative estimate of drug-likeness (QED) is 0.0195. The lowest BCUT2D eigenvalue weighted by Crippen LogP contribution is -2.60. The summed E-state index contributed by atoms with van der Waals surface area (Å²) in [4.78, 5) is 25.0. The second kappa shape index (κ2) is 50.5. The lowest BCUT2D eigenvalue weighted by atomic mass is 9.99. The minimum Gasteiger partial charge on any atom is -0.465 e. The van der Waals surface area contributed by atoms with E-state index in [0.29, 0.717) is 19.4 Å². The van der Waals surface area contributed by atoms with E-state index in [1.807, 2.05) is 19.1 Å². The number of allylic oxidation sites excluding steroid dienone is 8. The number of esters is 1. The van der Waals surface area contributed by atoms with E-state index >= 15 is 0 Å². The molecule has 6 N–H and O–H groups in total. The zero-order chi connectivity index (χ0) is 52.4. The fraction of sp³-hybridized carbons (Fsp3) is 0.803. The molecule has 1 amide bonds.